The van der Waals surface area contributed by atoms with E-state index in [1.807, 2.05) is 24.3 Å². The Morgan fingerprint density at radius 1 is 0.833 bits per heavy atom. The first-order valence-electron chi connectivity index (χ1n) is 5.58. The minimum atomic E-state index is 0.0828. The third kappa shape index (κ3) is 1.76. The van der Waals surface area contributed by atoms with Gasteiger partial charge in [0.1, 0.15) is 5.75 Å². The summed E-state index contributed by atoms with van der Waals surface area (Å²) in [5.74, 6) is 0.659. The van der Waals surface area contributed by atoms with E-state index < -0.39 is 0 Å². The molecule has 0 aliphatic carbocycles. The Bertz CT molecular complexity index is 703. The Morgan fingerprint density at radius 3 is 2.33 bits per heavy atom. The maximum Gasteiger partial charge on any atom is 0.401 e. The summed E-state index contributed by atoms with van der Waals surface area (Å²) < 4.78 is 5.69. The lowest BCUT2D eigenvalue weighted by molar-refractivity contribution is 0.453. The molecule has 2 N–H and O–H groups in total. The van der Waals surface area contributed by atoms with Crippen molar-refractivity contribution in [1.82, 2.24) is 0 Å². The first-order valence-corrected chi connectivity index (χ1v) is 5.58. The summed E-state index contributed by atoms with van der Waals surface area (Å²) >= 11 is 0. The molecule has 0 saturated carbocycles. The molecule has 0 aliphatic heterocycles. The minimum Gasteiger partial charge on any atom is -0.508 e. The number of fused-ring (bicyclic) bond motifs is 1. The highest BCUT2D eigenvalue weighted by atomic mass is 16.4. The zero-order valence-corrected chi connectivity index (χ0v) is 9.50. The lowest BCUT2D eigenvalue weighted by atomic mass is 10.1. The second-order valence-corrected chi connectivity index (χ2v) is 4.05. The third-order valence-corrected chi connectivity index (χ3v) is 2.79. The van der Waals surface area contributed by atoms with Gasteiger partial charge < -0.3 is 10.2 Å². The van der Waals surface area contributed by atoms with Crippen molar-refractivity contribution in [3.63, 3.8) is 0 Å². The van der Waals surface area contributed by atoms with Gasteiger partial charge in [-0.25, -0.2) is 4.42 Å². The lowest BCUT2D eigenvalue weighted by Gasteiger charge is -1.96. The number of aromatic hydroxyl groups is 2. The van der Waals surface area contributed by atoms with Crippen LogP contribution in [-0.4, -0.2) is 10.2 Å². The second-order valence-electron chi connectivity index (χ2n) is 4.05. The molecular formula is C15H11O3+. The highest BCUT2D eigenvalue weighted by Gasteiger charge is 2.20. The summed E-state index contributed by atoms with van der Waals surface area (Å²) in [6.07, 6.45) is 0. The fourth-order valence-corrected chi connectivity index (χ4v) is 1.89. The molecule has 88 valence electrons. The maximum atomic E-state index is 9.98. The van der Waals surface area contributed by atoms with Crippen molar-refractivity contribution in [3.05, 3.63) is 54.6 Å². The van der Waals surface area contributed by atoms with E-state index in [2.05, 4.69) is 0 Å². The highest BCUT2D eigenvalue weighted by molar-refractivity contribution is 5.81. The van der Waals surface area contributed by atoms with Crippen molar-refractivity contribution in [2.45, 2.75) is 0 Å². The summed E-state index contributed by atoms with van der Waals surface area (Å²) in [5.41, 5.74) is 1.43. The van der Waals surface area contributed by atoms with E-state index in [4.69, 9.17) is 4.42 Å². The quantitative estimate of drug-likeness (QED) is 0.635. The molecule has 3 aromatic rings. The molecule has 2 aromatic carbocycles. The van der Waals surface area contributed by atoms with Crippen LogP contribution < -0.4 is 0 Å². The zero-order valence-electron chi connectivity index (χ0n) is 9.50. The number of hydrogen-bond donors (Lipinski definition) is 2. The molecule has 0 spiro atoms. The molecule has 0 unspecified atom stereocenters. The Balaban J connectivity index is 2.22. The van der Waals surface area contributed by atoms with E-state index >= 15 is 0 Å². The second kappa shape index (κ2) is 4.04. The zero-order chi connectivity index (χ0) is 12.5. The number of para-hydroxylation sites is 1. The van der Waals surface area contributed by atoms with Gasteiger partial charge in [-0.15, -0.1) is 0 Å². The van der Waals surface area contributed by atoms with E-state index in [0.717, 1.165) is 10.9 Å². The maximum absolute atomic E-state index is 9.98. The Labute approximate surface area is 104 Å². The van der Waals surface area contributed by atoms with Crippen molar-refractivity contribution in [3.8, 4) is 22.8 Å². The molecule has 1 aromatic heterocycles. The normalized spacial score (nSPS) is 10.7. The van der Waals surface area contributed by atoms with Gasteiger partial charge in [0.15, 0.2) is 0 Å². The number of benzene rings is 2. The van der Waals surface area contributed by atoms with Crippen LogP contribution in [0.4, 0.5) is 0 Å². The largest absolute Gasteiger partial charge is 0.508 e. The van der Waals surface area contributed by atoms with E-state index in [1.54, 1.807) is 30.3 Å². The average Bonchev–Trinajstić information content (AvgIpc) is 2.39. The van der Waals surface area contributed by atoms with Crippen LogP contribution in [0.15, 0.2) is 59.0 Å². The van der Waals surface area contributed by atoms with Gasteiger partial charge in [-0.2, -0.15) is 0 Å². The molecule has 0 amide bonds. The van der Waals surface area contributed by atoms with Gasteiger partial charge in [0.25, 0.3) is 0 Å². The molecule has 0 aliphatic rings. The summed E-state index contributed by atoms with van der Waals surface area (Å²) in [4.78, 5) is 0. The van der Waals surface area contributed by atoms with Gasteiger partial charge in [-0.05, 0) is 30.3 Å². The number of rotatable bonds is 1. The molecule has 0 saturated heterocycles. The van der Waals surface area contributed by atoms with Crippen LogP contribution in [-0.2, 0) is 0 Å². The topological polar surface area (TPSA) is 51.8 Å². The van der Waals surface area contributed by atoms with Crippen LogP contribution in [0, 0.1) is 0 Å². The van der Waals surface area contributed by atoms with Crippen LogP contribution in [0.3, 0.4) is 0 Å². The Hall–Kier alpha value is -2.55. The molecule has 3 rings (SSSR count). The fourth-order valence-electron chi connectivity index (χ4n) is 1.89. The average molecular weight is 239 g/mol. The SMILES string of the molecule is Oc1ccc(-c2[o+]c3ccccc3cc2O)cc1. The monoisotopic (exact) mass is 239 g/mol. The van der Waals surface area contributed by atoms with Gasteiger partial charge in [-0.1, -0.05) is 12.1 Å². The summed E-state index contributed by atoms with van der Waals surface area (Å²) in [5, 5.41) is 20.1. The first kappa shape index (κ1) is 10.6. The Morgan fingerprint density at radius 2 is 1.56 bits per heavy atom. The van der Waals surface area contributed by atoms with Gasteiger partial charge in [0.05, 0.1) is 10.9 Å². The molecule has 18 heavy (non-hydrogen) atoms. The number of phenolic OH excluding ortho intramolecular Hbond substituents is 1. The van der Waals surface area contributed by atoms with Crippen molar-refractivity contribution in [2.75, 3.05) is 0 Å². The highest BCUT2D eigenvalue weighted by Crippen LogP contribution is 2.33. The molecule has 0 radical (unpaired) electrons. The summed E-state index contributed by atoms with van der Waals surface area (Å²) in [6, 6.07) is 15.7. The van der Waals surface area contributed by atoms with Crippen LogP contribution in [0.1, 0.15) is 0 Å². The molecule has 0 atom stereocenters. The van der Waals surface area contributed by atoms with Gasteiger partial charge in [0, 0.05) is 12.1 Å². The van der Waals surface area contributed by atoms with Crippen molar-refractivity contribution in [2.24, 2.45) is 0 Å². The van der Waals surface area contributed by atoms with Crippen molar-refractivity contribution >= 4 is 11.0 Å². The number of phenols is 1. The minimum absolute atomic E-state index is 0.0828. The van der Waals surface area contributed by atoms with Crippen LogP contribution in [0.25, 0.3) is 22.3 Å². The van der Waals surface area contributed by atoms with Gasteiger partial charge in [0.2, 0.25) is 5.75 Å². The van der Waals surface area contributed by atoms with Gasteiger partial charge >= 0.3 is 11.3 Å². The molecule has 3 heteroatoms. The fraction of sp³-hybridized carbons (Fsp3) is 0. The standard InChI is InChI=1S/C15H10O3/c16-12-7-5-10(6-8-12)15-13(17)9-11-3-1-2-4-14(11)18-15/h1-9H,(H-,16,17)/p+1. The van der Waals surface area contributed by atoms with Crippen LogP contribution in [0.5, 0.6) is 11.5 Å². The predicted octanol–water partition coefficient (Wildman–Crippen LogP) is 3.79. The van der Waals surface area contributed by atoms with E-state index in [1.165, 1.54) is 0 Å². The first-order chi connectivity index (χ1) is 8.74. The molecule has 3 nitrogen and oxygen atoms in total. The van der Waals surface area contributed by atoms with E-state index in [9.17, 15) is 10.2 Å². The van der Waals surface area contributed by atoms with Crippen molar-refractivity contribution < 1.29 is 14.6 Å². The molecule has 1 heterocycles. The van der Waals surface area contributed by atoms with Crippen molar-refractivity contribution in [1.29, 1.82) is 0 Å². The van der Waals surface area contributed by atoms with E-state index in [0.29, 0.717) is 11.3 Å². The van der Waals surface area contributed by atoms with Gasteiger partial charge in [-0.3, -0.25) is 0 Å². The molecular weight excluding hydrogens is 228 g/mol. The van der Waals surface area contributed by atoms with E-state index in [-0.39, 0.29) is 11.5 Å². The predicted molar refractivity (Wildman–Crippen MR) is 69.4 cm³/mol. The number of hydrogen-bond acceptors (Lipinski definition) is 2. The summed E-state index contributed by atoms with van der Waals surface area (Å²) in [6.45, 7) is 0. The van der Waals surface area contributed by atoms with Crippen LogP contribution >= 0.6 is 0 Å². The molecule has 0 bridgehead atoms. The third-order valence-electron chi connectivity index (χ3n) is 2.79. The Kier molecular flexibility index (Phi) is 2.38. The van der Waals surface area contributed by atoms with Crippen LogP contribution in [0.2, 0.25) is 0 Å². The summed E-state index contributed by atoms with van der Waals surface area (Å²) in [7, 11) is 0. The molecule has 0 fully saturated rings. The smallest absolute Gasteiger partial charge is 0.401 e. The lowest BCUT2D eigenvalue weighted by Crippen LogP contribution is -1.80.